The van der Waals surface area contributed by atoms with Crippen molar-refractivity contribution in [2.75, 3.05) is 6.61 Å². The predicted molar refractivity (Wildman–Crippen MR) is 60.8 cm³/mol. The van der Waals surface area contributed by atoms with Gasteiger partial charge in [-0.25, -0.2) is 4.39 Å². The fourth-order valence-corrected chi connectivity index (χ4v) is 1.50. The molecule has 0 unspecified atom stereocenters. The van der Waals surface area contributed by atoms with Crippen LogP contribution in [0.5, 0.6) is 5.75 Å². The molecule has 2 rings (SSSR count). The van der Waals surface area contributed by atoms with Gasteiger partial charge in [-0.2, -0.15) is 0 Å². The second-order valence-corrected chi connectivity index (χ2v) is 3.83. The minimum Gasteiger partial charge on any atom is -0.482 e. The van der Waals surface area contributed by atoms with Gasteiger partial charge < -0.3 is 14.3 Å². The second kappa shape index (κ2) is 5.79. The van der Waals surface area contributed by atoms with Crippen LogP contribution in [0.25, 0.3) is 0 Å². The van der Waals surface area contributed by atoms with Gasteiger partial charge in [-0.3, -0.25) is 0 Å². The number of halogens is 2. The maximum absolute atomic E-state index is 12.8. The van der Waals surface area contributed by atoms with Gasteiger partial charge in [0.1, 0.15) is 11.6 Å². The summed E-state index contributed by atoms with van der Waals surface area (Å²) in [4.78, 5) is 0. The Balaban J connectivity index is 1.97. The van der Waals surface area contributed by atoms with Gasteiger partial charge >= 0.3 is 0 Å². The van der Waals surface area contributed by atoms with Crippen LogP contribution >= 0.6 is 11.6 Å². The minimum atomic E-state index is -0.435. The lowest BCUT2D eigenvalue weighted by atomic mass is 10.3. The third-order valence-electron chi connectivity index (χ3n) is 2.08. The molecule has 18 heavy (non-hydrogen) atoms. The van der Waals surface area contributed by atoms with E-state index in [1.807, 2.05) is 0 Å². The lowest BCUT2D eigenvalue weighted by Gasteiger charge is -2.04. The molecule has 0 radical (unpaired) electrons. The van der Waals surface area contributed by atoms with Gasteiger partial charge in [0, 0.05) is 6.42 Å². The number of ether oxygens (including phenoxy) is 1. The van der Waals surface area contributed by atoms with Gasteiger partial charge in [-0.05, 0) is 18.2 Å². The predicted octanol–water partition coefficient (Wildman–Crippen LogP) is 1.98. The summed E-state index contributed by atoms with van der Waals surface area (Å²) in [6, 6.07) is 3.82. The van der Waals surface area contributed by atoms with E-state index >= 15 is 0 Å². The fraction of sp³-hybridized carbons (Fsp3) is 0.273. The Hall–Kier alpha value is -1.66. The monoisotopic (exact) mass is 272 g/mol. The molecule has 0 aliphatic rings. The molecule has 96 valence electrons. The summed E-state index contributed by atoms with van der Waals surface area (Å²) >= 11 is 5.79. The highest BCUT2D eigenvalue weighted by molar-refractivity contribution is 6.32. The maximum atomic E-state index is 12.8. The summed E-state index contributed by atoms with van der Waals surface area (Å²) in [6.07, 6.45) is 0.296. The average molecular weight is 273 g/mol. The van der Waals surface area contributed by atoms with Crippen LogP contribution in [0, 0.1) is 5.82 Å². The van der Waals surface area contributed by atoms with Gasteiger partial charge in [0.2, 0.25) is 5.89 Å². The molecule has 0 spiro atoms. The van der Waals surface area contributed by atoms with Crippen molar-refractivity contribution in [1.29, 1.82) is 0 Å². The standard InChI is InChI=1S/C11H10ClFN2O3/c12-8-5-7(13)1-2-9(8)17-6-11-15-14-10(18-11)3-4-16/h1-2,5,16H,3-4,6H2. The summed E-state index contributed by atoms with van der Waals surface area (Å²) in [7, 11) is 0. The molecule has 5 nitrogen and oxygen atoms in total. The summed E-state index contributed by atoms with van der Waals surface area (Å²) in [5, 5.41) is 16.3. The van der Waals surface area contributed by atoms with Gasteiger partial charge in [0.15, 0.2) is 6.61 Å². The summed E-state index contributed by atoms with van der Waals surface area (Å²) in [5.41, 5.74) is 0. The molecule has 0 atom stereocenters. The first-order valence-corrected chi connectivity index (χ1v) is 5.57. The summed E-state index contributed by atoms with van der Waals surface area (Å²) < 4.78 is 23.3. The first-order chi connectivity index (χ1) is 8.69. The molecule has 0 aliphatic heterocycles. The molecular formula is C11H10ClFN2O3. The van der Waals surface area contributed by atoms with Crippen molar-refractivity contribution >= 4 is 11.6 Å². The van der Waals surface area contributed by atoms with Crippen molar-refractivity contribution in [3.8, 4) is 5.75 Å². The zero-order valence-electron chi connectivity index (χ0n) is 9.27. The molecule has 0 saturated heterocycles. The van der Waals surface area contributed by atoms with Crippen molar-refractivity contribution in [2.45, 2.75) is 13.0 Å². The molecule has 1 heterocycles. The van der Waals surface area contributed by atoms with E-state index < -0.39 is 5.82 Å². The summed E-state index contributed by atoms with van der Waals surface area (Å²) in [6.45, 7) is -0.0317. The Morgan fingerprint density at radius 3 is 2.83 bits per heavy atom. The van der Waals surface area contributed by atoms with Crippen LogP contribution in [0.2, 0.25) is 5.02 Å². The average Bonchev–Trinajstić information content (AvgIpc) is 2.76. The van der Waals surface area contributed by atoms with Crippen LogP contribution in [-0.4, -0.2) is 21.9 Å². The number of hydrogen-bond acceptors (Lipinski definition) is 5. The molecule has 2 aromatic rings. The van der Waals surface area contributed by atoms with E-state index in [1.54, 1.807) is 0 Å². The van der Waals surface area contributed by atoms with Crippen molar-refractivity contribution in [3.63, 3.8) is 0 Å². The van der Waals surface area contributed by atoms with E-state index in [-0.39, 0.29) is 24.1 Å². The minimum absolute atomic E-state index is 0.0315. The number of rotatable bonds is 5. The third kappa shape index (κ3) is 3.18. The lowest BCUT2D eigenvalue weighted by molar-refractivity contribution is 0.249. The normalized spacial score (nSPS) is 10.6. The smallest absolute Gasteiger partial charge is 0.253 e. The van der Waals surface area contributed by atoms with Crippen molar-refractivity contribution in [2.24, 2.45) is 0 Å². The summed E-state index contributed by atoms with van der Waals surface area (Å²) in [5.74, 6) is 0.496. The van der Waals surface area contributed by atoms with Crippen molar-refractivity contribution < 1.29 is 18.7 Å². The number of benzene rings is 1. The van der Waals surface area contributed by atoms with Crippen molar-refractivity contribution in [1.82, 2.24) is 10.2 Å². The van der Waals surface area contributed by atoms with Crippen LogP contribution in [0.3, 0.4) is 0 Å². The molecule has 1 N–H and O–H groups in total. The van der Waals surface area contributed by atoms with Crippen LogP contribution in [0.15, 0.2) is 22.6 Å². The Morgan fingerprint density at radius 1 is 1.33 bits per heavy atom. The zero-order valence-corrected chi connectivity index (χ0v) is 10.0. The van der Waals surface area contributed by atoms with E-state index in [0.29, 0.717) is 18.1 Å². The number of nitrogens with zero attached hydrogens (tertiary/aromatic N) is 2. The molecule has 0 saturated carbocycles. The topological polar surface area (TPSA) is 68.4 Å². The molecule has 1 aromatic heterocycles. The molecule has 0 amide bonds. The molecule has 0 bridgehead atoms. The van der Waals surface area contributed by atoms with Gasteiger partial charge in [-0.1, -0.05) is 11.6 Å². The zero-order chi connectivity index (χ0) is 13.0. The van der Waals surface area contributed by atoms with Crippen LogP contribution in [0.4, 0.5) is 4.39 Å². The van der Waals surface area contributed by atoms with E-state index in [0.717, 1.165) is 6.07 Å². The number of aliphatic hydroxyl groups excluding tert-OH is 1. The van der Waals surface area contributed by atoms with Gasteiger partial charge in [0.25, 0.3) is 5.89 Å². The van der Waals surface area contributed by atoms with Gasteiger partial charge in [0.05, 0.1) is 11.6 Å². The fourth-order valence-electron chi connectivity index (χ4n) is 1.28. The van der Waals surface area contributed by atoms with Crippen LogP contribution < -0.4 is 4.74 Å². The van der Waals surface area contributed by atoms with Gasteiger partial charge in [-0.15, -0.1) is 10.2 Å². The second-order valence-electron chi connectivity index (χ2n) is 3.43. The Bertz CT molecular complexity index is 533. The number of hydrogen-bond donors (Lipinski definition) is 1. The molecular weight excluding hydrogens is 263 g/mol. The first-order valence-electron chi connectivity index (χ1n) is 5.19. The highest BCUT2D eigenvalue weighted by Crippen LogP contribution is 2.25. The molecule has 7 heteroatoms. The quantitative estimate of drug-likeness (QED) is 0.901. The Labute approximate surface area is 107 Å². The Morgan fingerprint density at radius 2 is 2.11 bits per heavy atom. The number of aromatic nitrogens is 2. The number of aliphatic hydroxyl groups is 1. The maximum Gasteiger partial charge on any atom is 0.253 e. The van der Waals surface area contributed by atoms with Crippen molar-refractivity contribution in [3.05, 3.63) is 40.8 Å². The first kappa shape index (κ1) is 12.8. The highest BCUT2D eigenvalue weighted by atomic mass is 35.5. The highest BCUT2D eigenvalue weighted by Gasteiger charge is 2.08. The molecule has 1 aromatic carbocycles. The van der Waals surface area contributed by atoms with Crippen LogP contribution in [-0.2, 0) is 13.0 Å². The molecule has 0 fully saturated rings. The third-order valence-corrected chi connectivity index (χ3v) is 2.37. The van der Waals surface area contributed by atoms with Crippen LogP contribution in [0.1, 0.15) is 11.8 Å². The van der Waals surface area contributed by atoms with E-state index in [1.165, 1.54) is 12.1 Å². The SMILES string of the molecule is OCCc1nnc(COc2ccc(F)cc2Cl)o1. The van der Waals surface area contributed by atoms with E-state index in [9.17, 15) is 4.39 Å². The largest absolute Gasteiger partial charge is 0.482 e. The van der Waals surface area contributed by atoms with E-state index in [4.69, 9.17) is 25.9 Å². The lowest BCUT2D eigenvalue weighted by Crippen LogP contribution is -1.96. The van der Waals surface area contributed by atoms with E-state index in [2.05, 4.69) is 10.2 Å². The Kier molecular flexibility index (Phi) is 4.11. The molecule has 0 aliphatic carbocycles.